The SMILES string of the molecule is O=COC1CCC(Oc2nc3cc(-c4ccc(-c5ccccc5)cc4)c(Cl)cc3[nH]2)C1. The molecule has 1 saturated carbocycles. The van der Waals surface area contributed by atoms with Gasteiger partial charge in [0.1, 0.15) is 12.2 Å². The molecular weight excluding hydrogens is 412 g/mol. The zero-order chi connectivity index (χ0) is 21.2. The van der Waals surface area contributed by atoms with E-state index in [4.69, 9.17) is 21.1 Å². The van der Waals surface area contributed by atoms with Gasteiger partial charge in [0.25, 0.3) is 12.5 Å². The highest BCUT2D eigenvalue weighted by Gasteiger charge is 2.28. The van der Waals surface area contributed by atoms with Gasteiger partial charge in [-0.15, -0.1) is 0 Å². The summed E-state index contributed by atoms with van der Waals surface area (Å²) in [7, 11) is 0. The van der Waals surface area contributed by atoms with E-state index in [0.717, 1.165) is 40.6 Å². The van der Waals surface area contributed by atoms with Crippen molar-refractivity contribution in [3.8, 4) is 28.3 Å². The first kappa shape index (κ1) is 19.6. The quantitative estimate of drug-likeness (QED) is 0.378. The van der Waals surface area contributed by atoms with Gasteiger partial charge in [0, 0.05) is 12.0 Å². The van der Waals surface area contributed by atoms with Crippen LogP contribution in [-0.2, 0) is 9.53 Å². The van der Waals surface area contributed by atoms with Crippen molar-refractivity contribution in [2.75, 3.05) is 0 Å². The van der Waals surface area contributed by atoms with Crippen LogP contribution >= 0.6 is 11.6 Å². The number of rotatable bonds is 6. The van der Waals surface area contributed by atoms with Crippen molar-refractivity contribution in [3.05, 3.63) is 71.8 Å². The van der Waals surface area contributed by atoms with Crippen LogP contribution < -0.4 is 4.74 Å². The van der Waals surface area contributed by atoms with Crippen molar-refractivity contribution in [3.63, 3.8) is 0 Å². The van der Waals surface area contributed by atoms with Gasteiger partial charge in [0.15, 0.2) is 0 Å². The molecule has 0 radical (unpaired) electrons. The van der Waals surface area contributed by atoms with Crippen LogP contribution in [0.25, 0.3) is 33.3 Å². The molecule has 31 heavy (non-hydrogen) atoms. The minimum absolute atomic E-state index is 0.0222. The summed E-state index contributed by atoms with van der Waals surface area (Å²) >= 11 is 6.59. The number of hydrogen-bond donors (Lipinski definition) is 1. The van der Waals surface area contributed by atoms with Crippen molar-refractivity contribution in [1.29, 1.82) is 0 Å². The number of H-pyrrole nitrogens is 1. The second-order valence-corrected chi connectivity index (χ2v) is 8.15. The van der Waals surface area contributed by atoms with Crippen LogP contribution in [0.3, 0.4) is 0 Å². The lowest BCUT2D eigenvalue weighted by atomic mass is 10.00. The standard InChI is InChI=1S/C25H21ClN2O3/c26-22-14-24-23(27-25(28-24)31-20-11-10-19(12-20)30-15-29)13-21(22)18-8-6-17(7-9-18)16-4-2-1-3-5-16/h1-9,13-15,19-20H,10-12H2,(H,27,28). The molecule has 1 N–H and O–H groups in total. The Morgan fingerprint density at radius 1 is 0.935 bits per heavy atom. The highest BCUT2D eigenvalue weighted by molar-refractivity contribution is 6.34. The van der Waals surface area contributed by atoms with Crippen molar-refractivity contribution >= 4 is 29.1 Å². The highest BCUT2D eigenvalue weighted by Crippen LogP contribution is 2.34. The average molecular weight is 433 g/mol. The molecule has 5 rings (SSSR count). The fourth-order valence-corrected chi connectivity index (χ4v) is 4.40. The number of aromatic nitrogens is 2. The number of halogens is 1. The number of imidazole rings is 1. The molecule has 1 aromatic heterocycles. The molecule has 1 heterocycles. The molecule has 0 bridgehead atoms. The van der Waals surface area contributed by atoms with E-state index >= 15 is 0 Å². The number of aromatic amines is 1. The largest absolute Gasteiger partial charge is 0.464 e. The fourth-order valence-electron chi connectivity index (χ4n) is 4.12. The fraction of sp³-hybridized carbons (Fsp3) is 0.200. The molecular formula is C25H21ClN2O3. The van der Waals surface area contributed by atoms with Crippen molar-refractivity contribution in [1.82, 2.24) is 9.97 Å². The van der Waals surface area contributed by atoms with Crippen LogP contribution in [0.1, 0.15) is 19.3 Å². The Balaban J connectivity index is 1.38. The maximum Gasteiger partial charge on any atom is 0.294 e. The van der Waals surface area contributed by atoms with Gasteiger partial charge in [-0.2, -0.15) is 4.98 Å². The van der Waals surface area contributed by atoms with Gasteiger partial charge in [0.2, 0.25) is 0 Å². The summed E-state index contributed by atoms with van der Waals surface area (Å²) in [6.07, 6.45) is 2.21. The molecule has 1 aliphatic rings. The number of ether oxygens (including phenoxy) is 2. The Labute approximate surface area is 185 Å². The summed E-state index contributed by atoms with van der Waals surface area (Å²) in [6, 6.07) is 22.9. The molecule has 1 aliphatic carbocycles. The summed E-state index contributed by atoms with van der Waals surface area (Å²) in [5.41, 5.74) is 5.90. The Hall–Kier alpha value is -3.31. The predicted octanol–water partition coefficient (Wildman–Crippen LogP) is 6.02. The van der Waals surface area contributed by atoms with Gasteiger partial charge in [-0.1, -0.05) is 66.2 Å². The van der Waals surface area contributed by atoms with Gasteiger partial charge >= 0.3 is 0 Å². The van der Waals surface area contributed by atoms with E-state index in [-0.39, 0.29) is 12.2 Å². The number of benzene rings is 3. The third kappa shape index (κ3) is 4.14. The van der Waals surface area contributed by atoms with Crippen molar-refractivity contribution in [2.45, 2.75) is 31.5 Å². The Morgan fingerprint density at radius 2 is 1.65 bits per heavy atom. The van der Waals surface area contributed by atoms with Crippen LogP contribution in [0.2, 0.25) is 5.02 Å². The monoisotopic (exact) mass is 432 g/mol. The third-order valence-corrected chi connectivity index (χ3v) is 6.03. The number of nitrogens with one attached hydrogen (secondary N) is 1. The topological polar surface area (TPSA) is 64.2 Å². The number of nitrogens with zero attached hydrogens (tertiary/aromatic N) is 1. The van der Waals surface area contributed by atoms with Crippen LogP contribution in [0.4, 0.5) is 0 Å². The van der Waals surface area contributed by atoms with Crippen molar-refractivity contribution in [2.24, 2.45) is 0 Å². The summed E-state index contributed by atoms with van der Waals surface area (Å²) in [6.45, 7) is 0.504. The molecule has 0 saturated heterocycles. The molecule has 156 valence electrons. The van der Waals surface area contributed by atoms with Gasteiger partial charge < -0.3 is 14.5 Å². The molecule has 0 spiro atoms. The lowest BCUT2D eigenvalue weighted by molar-refractivity contribution is -0.133. The van der Waals surface area contributed by atoms with E-state index in [1.54, 1.807) is 0 Å². The summed E-state index contributed by atoms with van der Waals surface area (Å²) in [5.74, 6) is 0. The second kappa shape index (κ2) is 8.44. The molecule has 2 atom stereocenters. The number of hydrogen-bond acceptors (Lipinski definition) is 4. The minimum Gasteiger partial charge on any atom is -0.464 e. The molecule has 6 heteroatoms. The maximum absolute atomic E-state index is 10.5. The third-order valence-electron chi connectivity index (χ3n) is 5.71. The first-order chi connectivity index (χ1) is 15.2. The van der Waals surface area contributed by atoms with E-state index in [0.29, 0.717) is 23.9 Å². The van der Waals surface area contributed by atoms with Crippen LogP contribution in [-0.4, -0.2) is 28.6 Å². The minimum atomic E-state index is -0.0771. The van der Waals surface area contributed by atoms with E-state index < -0.39 is 0 Å². The molecule has 0 aliphatic heterocycles. The number of fused-ring (bicyclic) bond motifs is 1. The summed E-state index contributed by atoms with van der Waals surface area (Å²) < 4.78 is 11.0. The lowest BCUT2D eigenvalue weighted by Gasteiger charge is -2.10. The Bertz CT molecular complexity index is 1200. The predicted molar refractivity (Wildman–Crippen MR) is 121 cm³/mol. The van der Waals surface area contributed by atoms with Gasteiger partial charge in [-0.25, -0.2) is 0 Å². The van der Waals surface area contributed by atoms with Gasteiger partial charge in [-0.05, 0) is 41.7 Å². The van der Waals surface area contributed by atoms with Crippen LogP contribution in [0, 0.1) is 0 Å². The van der Waals surface area contributed by atoms with Crippen LogP contribution in [0.5, 0.6) is 6.01 Å². The normalized spacial score (nSPS) is 18.2. The van der Waals surface area contributed by atoms with Gasteiger partial charge in [-0.3, -0.25) is 4.79 Å². The zero-order valence-electron chi connectivity index (χ0n) is 16.8. The lowest BCUT2D eigenvalue weighted by Crippen LogP contribution is -2.15. The van der Waals surface area contributed by atoms with Crippen LogP contribution in [0.15, 0.2) is 66.7 Å². The highest BCUT2D eigenvalue weighted by atomic mass is 35.5. The average Bonchev–Trinajstić information content (AvgIpc) is 3.40. The molecule has 2 unspecified atom stereocenters. The maximum atomic E-state index is 10.5. The summed E-state index contributed by atoms with van der Waals surface area (Å²) in [4.78, 5) is 18.3. The molecule has 4 aromatic rings. The van der Waals surface area contributed by atoms with E-state index in [1.165, 1.54) is 5.56 Å². The summed E-state index contributed by atoms with van der Waals surface area (Å²) in [5, 5.41) is 0.649. The first-order valence-corrected chi connectivity index (χ1v) is 10.7. The molecule has 3 aromatic carbocycles. The Morgan fingerprint density at radius 3 is 2.42 bits per heavy atom. The molecule has 5 nitrogen and oxygen atoms in total. The van der Waals surface area contributed by atoms with E-state index in [2.05, 4.69) is 46.4 Å². The second-order valence-electron chi connectivity index (χ2n) is 7.74. The smallest absolute Gasteiger partial charge is 0.294 e. The molecule has 1 fully saturated rings. The van der Waals surface area contributed by atoms with E-state index in [9.17, 15) is 4.79 Å². The number of carbonyl (C=O) groups is 1. The molecule has 0 amide bonds. The zero-order valence-corrected chi connectivity index (χ0v) is 17.5. The van der Waals surface area contributed by atoms with E-state index in [1.807, 2.05) is 30.3 Å². The first-order valence-electron chi connectivity index (χ1n) is 10.3. The Kier molecular flexibility index (Phi) is 5.35. The van der Waals surface area contributed by atoms with Gasteiger partial charge in [0.05, 0.1) is 16.1 Å². The van der Waals surface area contributed by atoms with Crippen molar-refractivity contribution < 1.29 is 14.3 Å². The number of carbonyl (C=O) groups excluding carboxylic acids is 1.